The van der Waals surface area contributed by atoms with E-state index in [9.17, 15) is 0 Å². The summed E-state index contributed by atoms with van der Waals surface area (Å²) in [6.45, 7) is 1.29. The third kappa shape index (κ3) is 1.42. The molecule has 3 nitrogen and oxygen atoms in total. The Labute approximate surface area is 70.5 Å². The van der Waals surface area contributed by atoms with Crippen LogP contribution in [0.3, 0.4) is 0 Å². The van der Waals surface area contributed by atoms with Crippen LogP contribution in [0.25, 0.3) is 0 Å². The average Bonchev–Trinajstić information content (AvgIpc) is 2.58. The van der Waals surface area contributed by atoms with Crippen molar-refractivity contribution >= 4 is 0 Å². The molecule has 12 heavy (non-hydrogen) atoms. The molecule has 0 saturated carbocycles. The van der Waals surface area contributed by atoms with Crippen LogP contribution in [-0.2, 0) is 9.47 Å². The molecule has 0 amide bonds. The van der Waals surface area contributed by atoms with Gasteiger partial charge < -0.3 is 14.6 Å². The van der Waals surface area contributed by atoms with Crippen molar-refractivity contribution in [3.63, 3.8) is 0 Å². The molecule has 0 bridgehead atoms. The van der Waals surface area contributed by atoms with E-state index in [1.54, 1.807) is 24.3 Å². The van der Waals surface area contributed by atoms with Gasteiger partial charge in [-0.2, -0.15) is 0 Å². The lowest BCUT2D eigenvalue weighted by Crippen LogP contribution is -1.96. The molecule has 1 heterocycles. The molecular weight excluding hydrogens is 156 g/mol. The molecule has 2 rings (SSSR count). The van der Waals surface area contributed by atoms with Gasteiger partial charge >= 0.3 is 0 Å². The number of benzene rings is 1. The van der Waals surface area contributed by atoms with E-state index in [1.807, 2.05) is 0 Å². The highest BCUT2D eigenvalue weighted by Crippen LogP contribution is 2.24. The smallest absolute Gasteiger partial charge is 0.184 e. The van der Waals surface area contributed by atoms with Gasteiger partial charge in [-0.3, -0.25) is 0 Å². The van der Waals surface area contributed by atoms with E-state index in [0.29, 0.717) is 13.2 Å². The minimum Gasteiger partial charge on any atom is -0.508 e. The first kappa shape index (κ1) is 7.58. The fraction of sp³-hybridized carbons (Fsp3) is 0.333. The monoisotopic (exact) mass is 166 g/mol. The van der Waals surface area contributed by atoms with Crippen LogP contribution in [0.15, 0.2) is 24.3 Å². The molecule has 0 aromatic heterocycles. The summed E-state index contributed by atoms with van der Waals surface area (Å²) in [5, 5.41) is 9.02. The van der Waals surface area contributed by atoms with E-state index in [0.717, 1.165) is 5.56 Å². The van der Waals surface area contributed by atoms with Gasteiger partial charge in [0, 0.05) is 5.56 Å². The lowest BCUT2D eigenvalue weighted by Gasteiger charge is -2.08. The normalized spacial score (nSPS) is 18.3. The zero-order valence-electron chi connectivity index (χ0n) is 6.56. The number of hydrogen-bond acceptors (Lipinski definition) is 3. The van der Waals surface area contributed by atoms with Crippen molar-refractivity contribution in [2.45, 2.75) is 6.29 Å². The Morgan fingerprint density at radius 1 is 1.08 bits per heavy atom. The fourth-order valence-electron chi connectivity index (χ4n) is 1.18. The predicted octanol–water partition coefficient (Wildman–Crippen LogP) is 1.44. The third-order valence-electron chi connectivity index (χ3n) is 1.79. The van der Waals surface area contributed by atoms with E-state index in [-0.39, 0.29) is 12.0 Å². The minimum atomic E-state index is -0.245. The molecule has 3 heteroatoms. The first-order valence-electron chi connectivity index (χ1n) is 3.88. The van der Waals surface area contributed by atoms with Crippen LogP contribution in [0.5, 0.6) is 5.75 Å². The summed E-state index contributed by atoms with van der Waals surface area (Å²) < 4.78 is 10.5. The van der Waals surface area contributed by atoms with Crippen molar-refractivity contribution in [1.82, 2.24) is 0 Å². The lowest BCUT2D eigenvalue weighted by molar-refractivity contribution is -0.0441. The van der Waals surface area contributed by atoms with E-state index in [2.05, 4.69) is 0 Å². The maximum Gasteiger partial charge on any atom is 0.184 e. The van der Waals surface area contributed by atoms with Gasteiger partial charge in [-0.25, -0.2) is 0 Å². The molecule has 1 aliphatic heterocycles. The zero-order valence-corrected chi connectivity index (χ0v) is 6.56. The summed E-state index contributed by atoms with van der Waals surface area (Å²) in [6.07, 6.45) is -0.245. The molecule has 1 fully saturated rings. The SMILES string of the molecule is Oc1ccc(C2OCCO2)cc1. The highest BCUT2D eigenvalue weighted by Gasteiger charge is 2.17. The van der Waals surface area contributed by atoms with Crippen LogP contribution in [-0.4, -0.2) is 18.3 Å². The Balaban J connectivity index is 2.17. The van der Waals surface area contributed by atoms with Gasteiger partial charge in [-0.05, 0) is 12.1 Å². The number of phenols is 1. The Morgan fingerprint density at radius 2 is 1.67 bits per heavy atom. The van der Waals surface area contributed by atoms with Gasteiger partial charge in [-0.15, -0.1) is 0 Å². The van der Waals surface area contributed by atoms with Gasteiger partial charge in [0.2, 0.25) is 0 Å². The molecule has 0 aliphatic carbocycles. The van der Waals surface area contributed by atoms with Crippen LogP contribution in [0.4, 0.5) is 0 Å². The number of hydrogen-bond donors (Lipinski definition) is 1. The van der Waals surface area contributed by atoms with Crippen molar-refractivity contribution in [1.29, 1.82) is 0 Å². The second-order valence-electron chi connectivity index (χ2n) is 2.67. The second kappa shape index (κ2) is 3.13. The minimum absolute atomic E-state index is 0.245. The summed E-state index contributed by atoms with van der Waals surface area (Å²) in [5.41, 5.74) is 0.949. The van der Waals surface area contributed by atoms with Gasteiger partial charge in [0.05, 0.1) is 13.2 Å². The topological polar surface area (TPSA) is 38.7 Å². The number of phenolic OH excluding ortho intramolecular Hbond substituents is 1. The van der Waals surface area contributed by atoms with E-state index in [4.69, 9.17) is 14.6 Å². The standard InChI is InChI=1S/C9H10O3/c10-8-3-1-7(2-4-8)9-11-5-6-12-9/h1-4,9-10H,5-6H2. The first-order chi connectivity index (χ1) is 5.86. The van der Waals surface area contributed by atoms with Crippen LogP contribution in [0.1, 0.15) is 11.9 Å². The van der Waals surface area contributed by atoms with Crippen molar-refractivity contribution in [2.75, 3.05) is 13.2 Å². The van der Waals surface area contributed by atoms with Crippen molar-refractivity contribution < 1.29 is 14.6 Å². The first-order valence-corrected chi connectivity index (χ1v) is 3.88. The van der Waals surface area contributed by atoms with E-state index in [1.165, 1.54) is 0 Å². The van der Waals surface area contributed by atoms with Crippen LogP contribution >= 0.6 is 0 Å². The summed E-state index contributed by atoms with van der Waals surface area (Å²) in [5.74, 6) is 0.261. The van der Waals surface area contributed by atoms with Crippen LogP contribution in [0.2, 0.25) is 0 Å². The molecule has 0 radical (unpaired) electrons. The van der Waals surface area contributed by atoms with Gasteiger partial charge in [0.1, 0.15) is 5.75 Å². The van der Waals surface area contributed by atoms with Crippen molar-refractivity contribution in [2.24, 2.45) is 0 Å². The lowest BCUT2D eigenvalue weighted by atomic mass is 10.2. The summed E-state index contributed by atoms with van der Waals surface area (Å²) in [4.78, 5) is 0. The van der Waals surface area contributed by atoms with Crippen molar-refractivity contribution in [3.05, 3.63) is 29.8 Å². The molecule has 1 aliphatic rings. The number of aromatic hydroxyl groups is 1. The zero-order chi connectivity index (χ0) is 8.39. The average molecular weight is 166 g/mol. The van der Waals surface area contributed by atoms with Crippen LogP contribution < -0.4 is 0 Å². The molecule has 0 unspecified atom stereocenters. The molecular formula is C9H10O3. The molecule has 1 N–H and O–H groups in total. The summed E-state index contributed by atoms with van der Waals surface area (Å²) in [7, 11) is 0. The van der Waals surface area contributed by atoms with E-state index < -0.39 is 0 Å². The largest absolute Gasteiger partial charge is 0.508 e. The molecule has 64 valence electrons. The third-order valence-corrected chi connectivity index (χ3v) is 1.79. The van der Waals surface area contributed by atoms with E-state index >= 15 is 0 Å². The van der Waals surface area contributed by atoms with Gasteiger partial charge in [0.25, 0.3) is 0 Å². The molecule has 0 spiro atoms. The molecule has 0 atom stereocenters. The maximum atomic E-state index is 9.02. The molecule has 1 saturated heterocycles. The Hall–Kier alpha value is -1.06. The highest BCUT2D eigenvalue weighted by atomic mass is 16.7. The van der Waals surface area contributed by atoms with Gasteiger partial charge in [-0.1, -0.05) is 12.1 Å². The quantitative estimate of drug-likeness (QED) is 0.686. The Kier molecular flexibility index (Phi) is 1.98. The molecule has 1 aromatic rings. The number of ether oxygens (including phenoxy) is 2. The highest BCUT2D eigenvalue weighted by molar-refractivity contribution is 5.26. The maximum absolute atomic E-state index is 9.02. The Bertz CT molecular complexity index is 249. The Morgan fingerprint density at radius 3 is 2.25 bits per heavy atom. The number of rotatable bonds is 1. The fourth-order valence-corrected chi connectivity index (χ4v) is 1.18. The second-order valence-corrected chi connectivity index (χ2v) is 2.67. The summed E-state index contributed by atoms with van der Waals surface area (Å²) >= 11 is 0. The van der Waals surface area contributed by atoms with Gasteiger partial charge in [0.15, 0.2) is 6.29 Å². The summed E-state index contributed by atoms with van der Waals surface area (Å²) in [6, 6.07) is 6.84. The predicted molar refractivity (Wildman–Crippen MR) is 42.8 cm³/mol. The molecule has 1 aromatic carbocycles. The van der Waals surface area contributed by atoms with Crippen LogP contribution in [0, 0.1) is 0 Å². The van der Waals surface area contributed by atoms with Crippen molar-refractivity contribution in [3.8, 4) is 5.75 Å².